The lowest BCUT2D eigenvalue weighted by atomic mass is 10.1. The third-order valence-corrected chi connectivity index (χ3v) is 5.00. The number of anilines is 1. The van der Waals surface area contributed by atoms with E-state index in [4.69, 9.17) is 11.6 Å². The van der Waals surface area contributed by atoms with Crippen LogP contribution in [0, 0.1) is 11.6 Å². The van der Waals surface area contributed by atoms with Gasteiger partial charge in [-0.2, -0.15) is 10.2 Å². The molecule has 13 heteroatoms. The first kappa shape index (κ1) is 21.0. The molecule has 1 N–H and O–H groups in total. The van der Waals surface area contributed by atoms with Gasteiger partial charge < -0.3 is 10.2 Å². The summed E-state index contributed by atoms with van der Waals surface area (Å²) in [5.41, 5.74) is -0.904. The van der Waals surface area contributed by atoms with E-state index >= 15 is 0 Å². The topological polar surface area (TPSA) is 88.8 Å². The van der Waals surface area contributed by atoms with Gasteiger partial charge in [-0.1, -0.05) is 11.6 Å². The molecule has 2 aromatic heterocycles. The second kappa shape index (κ2) is 8.10. The molecule has 3 aromatic rings. The van der Waals surface area contributed by atoms with Crippen LogP contribution in [0.4, 0.5) is 23.5 Å². The van der Waals surface area contributed by atoms with Gasteiger partial charge in [0.25, 0.3) is 11.8 Å². The van der Waals surface area contributed by atoms with Gasteiger partial charge in [0.05, 0.1) is 35.4 Å². The highest BCUT2D eigenvalue weighted by Crippen LogP contribution is 2.36. The number of halogens is 5. The minimum Gasteiger partial charge on any atom is -0.352 e. The fourth-order valence-corrected chi connectivity index (χ4v) is 3.41. The summed E-state index contributed by atoms with van der Waals surface area (Å²) < 4.78 is 57.4. The molecule has 1 aliphatic rings. The molecule has 0 saturated carbocycles. The van der Waals surface area contributed by atoms with E-state index in [0.717, 1.165) is 21.8 Å². The summed E-state index contributed by atoms with van der Waals surface area (Å²) in [7, 11) is 0. The van der Waals surface area contributed by atoms with Crippen LogP contribution in [0.5, 0.6) is 0 Å². The predicted octanol–water partition coefficient (Wildman–Crippen LogP) is 2.95. The number of alkyl halides is 2. The minimum absolute atomic E-state index is 0.0498. The fraction of sp³-hybridized carbons (Fsp3) is 0.278. The molecule has 1 unspecified atom stereocenters. The number of carbonyl (C=O) groups excluding carboxylic acids is 1. The molecule has 1 fully saturated rings. The quantitative estimate of drug-likeness (QED) is 0.595. The standard InChI is InChI=1S/C18H14ClF4N7O/c19-10-7-24-17(25-8-10)26-9-13-18(22,23)3-6-29(13)16(31)11-1-2-12(20)14(21)15(11)30-27-4-5-28-30/h1-2,4-5,7-8,13H,3,6,9H2,(H,24,25,26). The number of hydrogen-bond donors (Lipinski definition) is 1. The van der Waals surface area contributed by atoms with E-state index in [1.165, 1.54) is 24.8 Å². The molecule has 1 atom stereocenters. The Morgan fingerprint density at radius 3 is 2.55 bits per heavy atom. The van der Waals surface area contributed by atoms with Gasteiger partial charge in [0, 0.05) is 19.5 Å². The molecule has 3 heterocycles. The Morgan fingerprint density at radius 2 is 1.87 bits per heavy atom. The smallest absolute Gasteiger partial charge is 0.271 e. The first-order valence-corrected chi connectivity index (χ1v) is 9.40. The van der Waals surface area contributed by atoms with Crippen molar-refractivity contribution in [3.05, 3.63) is 59.1 Å². The molecule has 1 amide bonds. The summed E-state index contributed by atoms with van der Waals surface area (Å²) in [6, 6.07) is 0.187. The lowest BCUT2D eigenvalue weighted by Crippen LogP contribution is -2.47. The Kier molecular flexibility index (Phi) is 5.48. The van der Waals surface area contributed by atoms with Crippen LogP contribution < -0.4 is 5.32 Å². The molecule has 4 rings (SSSR count). The van der Waals surface area contributed by atoms with Crippen LogP contribution in [0.3, 0.4) is 0 Å². The number of amides is 1. The van der Waals surface area contributed by atoms with Crippen molar-refractivity contribution < 1.29 is 22.4 Å². The monoisotopic (exact) mass is 455 g/mol. The number of rotatable bonds is 5. The van der Waals surface area contributed by atoms with E-state index in [1.54, 1.807) is 0 Å². The largest absolute Gasteiger partial charge is 0.352 e. The number of nitrogens with one attached hydrogen (secondary N) is 1. The van der Waals surface area contributed by atoms with E-state index < -0.39 is 41.6 Å². The molecular formula is C18H14ClF4N7O. The van der Waals surface area contributed by atoms with Crippen molar-refractivity contribution in [2.24, 2.45) is 0 Å². The van der Waals surface area contributed by atoms with E-state index in [1.807, 2.05) is 0 Å². The average Bonchev–Trinajstić information content (AvgIpc) is 3.37. The second-order valence-corrected chi connectivity index (χ2v) is 7.14. The number of nitrogens with zero attached hydrogens (tertiary/aromatic N) is 6. The SMILES string of the molecule is O=C(c1ccc(F)c(F)c1-n1nccn1)N1CCC(F)(F)C1CNc1ncc(Cl)cn1. The van der Waals surface area contributed by atoms with E-state index in [2.05, 4.69) is 25.5 Å². The van der Waals surface area contributed by atoms with Gasteiger partial charge in [-0.3, -0.25) is 4.79 Å². The number of hydrogen-bond acceptors (Lipinski definition) is 6. The van der Waals surface area contributed by atoms with Gasteiger partial charge in [-0.25, -0.2) is 27.5 Å². The Hall–Kier alpha value is -3.28. The molecule has 1 aliphatic heterocycles. The van der Waals surface area contributed by atoms with Gasteiger partial charge in [-0.15, -0.1) is 4.80 Å². The normalized spacial score (nSPS) is 17.7. The van der Waals surface area contributed by atoms with Crippen LogP contribution in [-0.4, -0.2) is 60.8 Å². The van der Waals surface area contributed by atoms with Crippen molar-refractivity contribution in [3.63, 3.8) is 0 Å². The zero-order valence-electron chi connectivity index (χ0n) is 15.6. The first-order valence-electron chi connectivity index (χ1n) is 9.03. The molecule has 1 saturated heterocycles. The minimum atomic E-state index is -3.22. The maximum Gasteiger partial charge on any atom is 0.271 e. The maximum absolute atomic E-state index is 14.6. The molecule has 0 spiro atoms. The zero-order valence-corrected chi connectivity index (χ0v) is 16.4. The molecule has 0 bridgehead atoms. The van der Waals surface area contributed by atoms with Crippen LogP contribution in [-0.2, 0) is 0 Å². The van der Waals surface area contributed by atoms with Crippen molar-refractivity contribution >= 4 is 23.5 Å². The summed E-state index contributed by atoms with van der Waals surface area (Å²) in [6.07, 6.45) is 4.41. The highest BCUT2D eigenvalue weighted by atomic mass is 35.5. The molecular weight excluding hydrogens is 442 g/mol. The summed E-state index contributed by atoms with van der Waals surface area (Å²) >= 11 is 5.70. The predicted molar refractivity (Wildman–Crippen MR) is 101 cm³/mol. The second-order valence-electron chi connectivity index (χ2n) is 6.71. The highest BCUT2D eigenvalue weighted by molar-refractivity contribution is 6.30. The van der Waals surface area contributed by atoms with Crippen LogP contribution in [0.15, 0.2) is 36.9 Å². The van der Waals surface area contributed by atoms with Crippen molar-refractivity contribution in [2.45, 2.75) is 18.4 Å². The molecule has 0 radical (unpaired) electrons. The van der Waals surface area contributed by atoms with Gasteiger partial charge in [0.1, 0.15) is 11.7 Å². The highest BCUT2D eigenvalue weighted by Gasteiger charge is 2.51. The van der Waals surface area contributed by atoms with Crippen LogP contribution in [0.1, 0.15) is 16.8 Å². The number of carbonyl (C=O) groups is 1. The Morgan fingerprint density at radius 1 is 1.19 bits per heavy atom. The lowest BCUT2D eigenvalue weighted by Gasteiger charge is -2.28. The van der Waals surface area contributed by atoms with Crippen molar-refractivity contribution in [2.75, 3.05) is 18.4 Å². The van der Waals surface area contributed by atoms with E-state index in [0.29, 0.717) is 0 Å². The van der Waals surface area contributed by atoms with Crippen LogP contribution >= 0.6 is 11.6 Å². The number of likely N-dealkylation sites (tertiary alicyclic amines) is 1. The molecule has 8 nitrogen and oxygen atoms in total. The van der Waals surface area contributed by atoms with E-state index in [9.17, 15) is 22.4 Å². The van der Waals surface area contributed by atoms with Gasteiger partial charge in [0.15, 0.2) is 11.6 Å². The number of benzene rings is 1. The van der Waals surface area contributed by atoms with Crippen LogP contribution in [0.25, 0.3) is 5.69 Å². The molecule has 162 valence electrons. The average molecular weight is 456 g/mol. The van der Waals surface area contributed by atoms with E-state index in [-0.39, 0.29) is 29.6 Å². The molecule has 0 aliphatic carbocycles. The Balaban J connectivity index is 1.64. The van der Waals surface area contributed by atoms with Gasteiger partial charge >= 0.3 is 0 Å². The molecule has 1 aromatic carbocycles. The summed E-state index contributed by atoms with van der Waals surface area (Å²) in [4.78, 5) is 22.5. The zero-order chi connectivity index (χ0) is 22.2. The Bertz CT molecular complexity index is 1100. The summed E-state index contributed by atoms with van der Waals surface area (Å²) in [5.74, 6) is -6.68. The fourth-order valence-electron chi connectivity index (χ4n) is 3.31. The lowest BCUT2D eigenvalue weighted by molar-refractivity contribution is -0.0249. The van der Waals surface area contributed by atoms with Crippen LogP contribution in [0.2, 0.25) is 5.02 Å². The van der Waals surface area contributed by atoms with Crippen molar-refractivity contribution in [1.82, 2.24) is 29.9 Å². The van der Waals surface area contributed by atoms with Gasteiger partial charge in [-0.05, 0) is 12.1 Å². The summed E-state index contributed by atoms with van der Waals surface area (Å²) in [6.45, 7) is -0.663. The number of aromatic nitrogens is 5. The van der Waals surface area contributed by atoms with Crippen molar-refractivity contribution in [3.8, 4) is 5.69 Å². The maximum atomic E-state index is 14.6. The van der Waals surface area contributed by atoms with Crippen molar-refractivity contribution in [1.29, 1.82) is 0 Å². The third-order valence-electron chi connectivity index (χ3n) is 4.80. The first-order chi connectivity index (χ1) is 14.8. The summed E-state index contributed by atoms with van der Waals surface area (Å²) in [5, 5.41) is 10.4. The Labute approximate surface area is 177 Å². The van der Waals surface area contributed by atoms with Gasteiger partial charge in [0.2, 0.25) is 5.95 Å². The molecule has 31 heavy (non-hydrogen) atoms. The third kappa shape index (κ3) is 4.02.